The zero-order valence-corrected chi connectivity index (χ0v) is 20.0. The quantitative estimate of drug-likeness (QED) is 0.266. The summed E-state index contributed by atoms with van der Waals surface area (Å²) in [4.78, 5) is 14.0. The van der Waals surface area contributed by atoms with Gasteiger partial charge in [0.1, 0.15) is 5.82 Å². The summed E-state index contributed by atoms with van der Waals surface area (Å²) in [5.74, 6) is 1.32. The summed E-state index contributed by atoms with van der Waals surface area (Å²) in [6.45, 7) is 2.61. The molecule has 3 aromatic carbocycles. The summed E-state index contributed by atoms with van der Waals surface area (Å²) >= 11 is 0. The van der Waals surface area contributed by atoms with Crippen LogP contribution in [0.3, 0.4) is 0 Å². The highest BCUT2D eigenvalue weighted by atomic mass is 19.1. The van der Waals surface area contributed by atoms with Crippen molar-refractivity contribution in [2.24, 2.45) is 0 Å². The van der Waals surface area contributed by atoms with Gasteiger partial charge in [-0.1, -0.05) is 73.9 Å². The minimum Gasteiger partial charge on any atom is -0.351 e. The van der Waals surface area contributed by atoms with Gasteiger partial charge in [-0.05, 0) is 53.8 Å². The fourth-order valence-electron chi connectivity index (χ4n) is 4.70. The van der Waals surface area contributed by atoms with Crippen molar-refractivity contribution < 1.29 is 4.39 Å². The molecular weight excluding hydrogens is 439 g/mol. The van der Waals surface area contributed by atoms with Gasteiger partial charge in [-0.3, -0.25) is 0 Å². The first-order valence-corrected chi connectivity index (χ1v) is 12.4. The lowest BCUT2D eigenvalue weighted by molar-refractivity contribution is 0.461. The van der Waals surface area contributed by atoms with Crippen LogP contribution in [0.4, 0.5) is 22.2 Å². The Morgan fingerprint density at radius 1 is 0.829 bits per heavy atom. The van der Waals surface area contributed by atoms with Gasteiger partial charge in [0.25, 0.3) is 0 Å². The highest BCUT2D eigenvalue weighted by Crippen LogP contribution is 2.27. The Morgan fingerprint density at radius 3 is 2.37 bits per heavy atom. The third-order valence-corrected chi connectivity index (χ3v) is 6.57. The van der Waals surface area contributed by atoms with Gasteiger partial charge in [-0.25, -0.2) is 4.39 Å². The van der Waals surface area contributed by atoms with Gasteiger partial charge < -0.3 is 16.0 Å². The number of hydrogen-bond acceptors (Lipinski definition) is 6. The van der Waals surface area contributed by atoms with Crippen molar-refractivity contribution in [3.63, 3.8) is 0 Å². The third-order valence-electron chi connectivity index (χ3n) is 6.57. The Hall–Kier alpha value is -3.74. The van der Waals surface area contributed by atoms with Gasteiger partial charge in [0.15, 0.2) is 0 Å². The number of nitrogens with zero attached hydrogens (tertiary/aromatic N) is 3. The van der Waals surface area contributed by atoms with E-state index < -0.39 is 0 Å². The fraction of sp³-hybridized carbons (Fsp3) is 0.321. The van der Waals surface area contributed by atoms with Crippen LogP contribution >= 0.6 is 0 Å². The highest BCUT2D eigenvalue weighted by molar-refractivity contribution is 5.86. The summed E-state index contributed by atoms with van der Waals surface area (Å²) in [5.41, 5.74) is 2.14. The maximum atomic E-state index is 13.3. The van der Waals surface area contributed by atoms with E-state index in [0.29, 0.717) is 30.4 Å². The molecule has 0 spiro atoms. The molecule has 3 N–H and O–H groups in total. The second-order valence-electron chi connectivity index (χ2n) is 9.20. The molecule has 6 nitrogen and oxygen atoms in total. The summed E-state index contributed by atoms with van der Waals surface area (Å²) < 4.78 is 13.3. The molecule has 180 valence electrons. The molecular formula is C28H31FN6. The van der Waals surface area contributed by atoms with E-state index in [1.807, 2.05) is 0 Å². The first-order chi connectivity index (χ1) is 17.1. The first-order valence-electron chi connectivity index (χ1n) is 12.4. The maximum Gasteiger partial charge on any atom is 0.229 e. The van der Waals surface area contributed by atoms with Crippen molar-refractivity contribution >= 4 is 28.6 Å². The van der Waals surface area contributed by atoms with E-state index in [1.165, 1.54) is 47.7 Å². The van der Waals surface area contributed by atoms with Crippen LogP contribution < -0.4 is 16.0 Å². The van der Waals surface area contributed by atoms with Crippen molar-refractivity contribution in [2.75, 3.05) is 16.0 Å². The Kier molecular flexibility index (Phi) is 7.02. The Labute approximate surface area is 205 Å². The number of anilines is 3. The molecule has 1 fully saturated rings. The normalized spacial score (nSPS) is 15.0. The first kappa shape index (κ1) is 23.0. The number of nitrogens with one attached hydrogen (secondary N) is 3. The molecule has 1 unspecified atom stereocenters. The summed E-state index contributed by atoms with van der Waals surface area (Å²) in [5, 5.41) is 12.7. The largest absolute Gasteiger partial charge is 0.351 e. The van der Waals surface area contributed by atoms with Crippen molar-refractivity contribution in [2.45, 2.75) is 57.7 Å². The third kappa shape index (κ3) is 5.85. The van der Waals surface area contributed by atoms with Crippen molar-refractivity contribution in [3.8, 4) is 0 Å². The lowest BCUT2D eigenvalue weighted by Gasteiger charge is -2.23. The number of aromatic nitrogens is 3. The monoisotopic (exact) mass is 470 g/mol. The molecule has 7 heteroatoms. The summed E-state index contributed by atoms with van der Waals surface area (Å²) in [6, 6.07) is 21.5. The van der Waals surface area contributed by atoms with Crippen LogP contribution in [0.1, 0.15) is 56.2 Å². The zero-order chi connectivity index (χ0) is 24.0. The average Bonchev–Trinajstić information content (AvgIpc) is 2.88. The molecule has 1 saturated carbocycles. The van der Waals surface area contributed by atoms with Crippen molar-refractivity contribution in [1.29, 1.82) is 0 Å². The van der Waals surface area contributed by atoms with Crippen LogP contribution in [0.15, 0.2) is 66.7 Å². The van der Waals surface area contributed by atoms with Gasteiger partial charge in [-0.2, -0.15) is 15.0 Å². The lowest BCUT2D eigenvalue weighted by atomic mass is 9.96. The van der Waals surface area contributed by atoms with Crippen LogP contribution in [0, 0.1) is 5.82 Å². The van der Waals surface area contributed by atoms with E-state index in [1.54, 1.807) is 12.1 Å². The van der Waals surface area contributed by atoms with E-state index in [9.17, 15) is 4.39 Å². The van der Waals surface area contributed by atoms with E-state index in [2.05, 4.69) is 75.3 Å². The molecule has 1 aliphatic rings. The molecule has 0 bridgehead atoms. The van der Waals surface area contributed by atoms with E-state index >= 15 is 0 Å². The average molecular weight is 471 g/mol. The van der Waals surface area contributed by atoms with Gasteiger partial charge in [0.2, 0.25) is 17.8 Å². The van der Waals surface area contributed by atoms with Gasteiger partial charge in [-0.15, -0.1) is 0 Å². The van der Waals surface area contributed by atoms with Crippen molar-refractivity contribution in [1.82, 2.24) is 15.0 Å². The molecule has 0 aliphatic heterocycles. The van der Waals surface area contributed by atoms with Gasteiger partial charge in [0.05, 0.1) is 6.04 Å². The lowest BCUT2D eigenvalue weighted by Crippen LogP contribution is -2.24. The standard InChI is InChI=1S/C28H31FN6/c1-19(24-13-7-9-21-8-5-6-12-25(21)24)31-27-33-26(30-18-20-14-16-22(29)17-15-20)34-28(35-27)32-23-10-3-2-4-11-23/h5-9,12-17,19,23H,2-4,10-11,18H2,1H3,(H3,30,31,32,33,34,35). The smallest absolute Gasteiger partial charge is 0.229 e. The fourth-order valence-corrected chi connectivity index (χ4v) is 4.70. The van der Waals surface area contributed by atoms with Crippen LogP contribution in [0.2, 0.25) is 0 Å². The topological polar surface area (TPSA) is 74.8 Å². The Balaban J connectivity index is 1.38. The molecule has 1 atom stereocenters. The number of benzene rings is 3. The van der Waals surface area contributed by atoms with E-state index in [0.717, 1.165) is 18.4 Å². The molecule has 1 aromatic heterocycles. The van der Waals surface area contributed by atoms with E-state index in [4.69, 9.17) is 4.98 Å². The molecule has 35 heavy (non-hydrogen) atoms. The molecule has 0 radical (unpaired) electrons. The van der Waals surface area contributed by atoms with Crippen molar-refractivity contribution in [3.05, 3.63) is 83.7 Å². The SMILES string of the molecule is CC(Nc1nc(NCc2ccc(F)cc2)nc(NC2CCCCC2)n1)c1cccc2ccccc12. The predicted molar refractivity (Wildman–Crippen MR) is 140 cm³/mol. The van der Waals surface area contributed by atoms with Crippen LogP contribution in [-0.4, -0.2) is 21.0 Å². The summed E-state index contributed by atoms with van der Waals surface area (Å²) in [6.07, 6.45) is 5.98. The molecule has 1 heterocycles. The Morgan fingerprint density at radius 2 is 1.54 bits per heavy atom. The van der Waals surface area contributed by atoms with Crippen LogP contribution in [0.25, 0.3) is 10.8 Å². The zero-order valence-electron chi connectivity index (χ0n) is 20.0. The molecule has 0 amide bonds. The van der Waals surface area contributed by atoms with Crippen LogP contribution in [0.5, 0.6) is 0 Å². The number of hydrogen-bond donors (Lipinski definition) is 3. The minimum absolute atomic E-state index is 0.00372. The van der Waals surface area contributed by atoms with Gasteiger partial charge in [0, 0.05) is 12.6 Å². The molecule has 0 saturated heterocycles. The second-order valence-corrected chi connectivity index (χ2v) is 9.20. The van der Waals surface area contributed by atoms with Gasteiger partial charge >= 0.3 is 0 Å². The van der Waals surface area contributed by atoms with Crippen LogP contribution in [-0.2, 0) is 6.54 Å². The number of halogens is 1. The maximum absolute atomic E-state index is 13.3. The minimum atomic E-state index is -0.248. The highest BCUT2D eigenvalue weighted by Gasteiger charge is 2.17. The number of fused-ring (bicyclic) bond motifs is 1. The molecule has 4 aromatic rings. The molecule has 5 rings (SSSR count). The predicted octanol–water partition coefficient (Wildman–Crippen LogP) is 6.69. The summed E-state index contributed by atoms with van der Waals surface area (Å²) in [7, 11) is 0. The second kappa shape index (κ2) is 10.7. The molecule has 1 aliphatic carbocycles. The Bertz CT molecular complexity index is 1260. The van der Waals surface area contributed by atoms with E-state index in [-0.39, 0.29) is 11.9 Å². The number of rotatable bonds is 8.